The molecule has 0 spiro atoms. The molecule has 1 aliphatic rings. The normalized spacial score (nSPS) is 25.5. The molecule has 1 aromatic rings. The van der Waals surface area contributed by atoms with Crippen LogP contribution in [0.4, 0.5) is 0 Å². The van der Waals surface area contributed by atoms with Gasteiger partial charge >= 0.3 is 0 Å². The number of hydrogen-bond acceptors (Lipinski definition) is 1. The molecular weight excluding hydrogens is 186 g/mol. The molecule has 1 saturated heterocycles. The predicted octanol–water partition coefficient (Wildman–Crippen LogP) is 3.24. The van der Waals surface area contributed by atoms with E-state index in [1.807, 2.05) is 0 Å². The first-order valence-corrected chi connectivity index (χ1v) is 5.78. The topological polar surface area (TPSA) is 14.2 Å². The van der Waals surface area contributed by atoms with Crippen molar-refractivity contribution in [2.75, 3.05) is 6.61 Å². The van der Waals surface area contributed by atoms with E-state index in [1.54, 1.807) is 0 Å². The van der Waals surface area contributed by atoms with Crippen LogP contribution in [0.25, 0.3) is 0 Å². The molecule has 15 heavy (non-hydrogen) atoms. The Hall–Kier alpha value is -0.760. The summed E-state index contributed by atoms with van der Waals surface area (Å²) in [6.07, 6.45) is 2.25. The Morgan fingerprint density at radius 3 is 2.40 bits per heavy atom. The molecule has 0 aliphatic carbocycles. The largest absolute Gasteiger partial charge is 0.375 e. The number of hydrogen-bond donors (Lipinski definition) is 0. The smallest absolute Gasteiger partial charge is 0.0646 e. The van der Waals surface area contributed by atoms with E-state index in [4.69, 9.17) is 4.74 Å². The van der Waals surface area contributed by atoms with Crippen LogP contribution in [0.5, 0.6) is 0 Å². The highest BCUT2D eigenvalue weighted by Crippen LogP contribution is 2.33. The van der Waals surface area contributed by atoms with E-state index in [0.717, 1.165) is 19.4 Å². The highest BCUT2D eigenvalue weighted by Gasteiger charge is 2.30. The lowest BCUT2D eigenvalue weighted by molar-refractivity contribution is -0.0694. The molecule has 84 valence electrons. The molecule has 0 aromatic carbocycles. The van der Waals surface area contributed by atoms with Gasteiger partial charge in [-0.15, -0.1) is 0 Å². The minimum Gasteiger partial charge on any atom is -0.375 e. The second-order valence-electron chi connectivity index (χ2n) is 5.24. The van der Waals surface area contributed by atoms with E-state index in [9.17, 15) is 0 Å². The molecule has 1 aliphatic heterocycles. The molecule has 0 radical (unpaired) electrons. The van der Waals surface area contributed by atoms with Crippen molar-refractivity contribution in [2.45, 2.75) is 52.2 Å². The summed E-state index contributed by atoms with van der Waals surface area (Å²) in [6.45, 7) is 9.64. The van der Waals surface area contributed by atoms with Gasteiger partial charge in [0.1, 0.15) is 0 Å². The minimum atomic E-state index is 0.0338. The summed E-state index contributed by atoms with van der Waals surface area (Å²) in [5.41, 5.74) is 2.77. The molecule has 1 unspecified atom stereocenters. The van der Waals surface area contributed by atoms with Crippen LogP contribution in [-0.2, 0) is 4.74 Å². The minimum absolute atomic E-state index is 0.0338. The molecule has 2 rings (SSSR count). The summed E-state index contributed by atoms with van der Waals surface area (Å²) < 4.78 is 8.22. The molecular formula is C13H21NO. The highest BCUT2D eigenvalue weighted by atomic mass is 16.5. The van der Waals surface area contributed by atoms with E-state index < -0.39 is 0 Å². The van der Waals surface area contributed by atoms with Crippen molar-refractivity contribution in [3.8, 4) is 0 Å². The highest BCUT2D eigenvalue weighted by molar-refractivity contribution is 5.15. The molecule has 1 atom stereocenters. The van der Waals surface area contributed by atoms with Gasteiger partial charge in [0.15, 0.2) is 0 Å². The third-order valence-electron chi connectivity index (χ3n) is 3.36. The van der Waals surface area contributed by atoms with Gasteiger partial charge in [0, 0.05) is 24.0 Å². The zero-order valence-corrected chi connectivity index (χ0v) is 10.2. The quantitative estimate of drug-likeness (QED) is 0.689. The van der Waals surface area contributed by atoms with Crippen molar-refractivity contribution in [3.63, 3.8) is 0 Å². The van der Waals surface area contributed by atoms with E-state index in [1.165, 1.54) is 11.4 Å². The maximum Gasteiger partial charge on any atom is 0.0646 e. The molecule has 1 aromatic heterocycles. The Labute approximate surface area is 92.2 Å². The maximum absolute atomic E-state index is 5.76. The van der Waals surface area contributed by atoms with Crippen LogP contribution in [0.1, 0.15) is 44.1 Å². The van der Waals surface area contributed by atoms with Gasteiger partial charge in [-0.1, -0.05) is 0 Å². The number of aryl methyl sites for hydroxylation is 2. The number of aromatic nitrogens is 1. The van der Waals surface area contributed by atoms with Gasteiger partial charge in [-0.05, 0) is 52.7 Å². The fraction of sp³-hybridized carbons (Fsp3) is 0.692. The Bertz CT molecular complexity index is 332. The standard InChI is InChI=1S/C13H21NO/c1-10-5-6-11(2)14(10)12-7-8-15-13(3,4)9-12/h5-6,12H,7-9H2,1-4H3. The van der Waals surface area contributed by atoms with Crippen LogP contribution >= 0.6 is 0 Å². The second kappa shape index (κ2) is 3.67. The number of rotatable bonds is 1. The molecule has 2 heterocycles. The van der Waals surface area contributed by atoms with Crippen molar-refractivity contribution in [2.24, 2.45) is 0 Å². The molecule has 0 amide bonds. The Morgan fingerprint density at radius 2 is 1.87 bits per heavy atom. The Balaban J connectivity index is 2.24. The fourth-order valence-electron chi connectivity index (χ4n) is 2.68. The van der Waals surface area contributed by atoms with Gasteiger partial charge in [-0.25, -0.2) is 0 Å². The summed E-state index contributed by atoms with van der Waals surface area (Å²) in [5, 5.41) is 0. The third kappa shape index (κ3) is 2.10. The van der Waals surface area contributed by atoms with Gasteiger partial charge in [0.05, 0.1) is 5.60 Å². The van der Waals surface area contributed by atoms with Crippen molar-refractivity contribution >= 4 is 0 Å². The predicted molar refractivity (Wildman–Crippen MR) is 62.2 cm³/mol. The summed E-state index contributed by atoms with van der Waals surface area (Å²) in [4.78, 5) is 0. The molecule has 1 fully saturated rings. The maximum atomic E-state index is 5.76. The summed E-state index contributed by atoms with van der Waals surface area (Å²) >= 11 is 0. The first kappa shape index (κ1) is 10.7. The van der Waals surface area contributed by atoms with Gasteiger partial charge < -0.3 is 9.30 Å². The van der Waals surface area contributed by atoms with Gasteiger partial charge in [-0.2, -0.15) is 0 Å². The SMILES string of the molecule is Cc1ccc(C)n1C1CCOC(C)(C)C1. The molecule has 0 saturated carbocycles. The first-order chi connectivity index (χ1) is 6.99. The zero-order chi connectivity index (χ0) is 11.1. The lowest BCUT2D eigenvalue weighted by atomic mass is 9.93. The van der Waals surface area contributed by atoms with Gasteiger partial charge in [-0.3, -0.25) is 0 Å². The van der Waals surface area contributed by atoms with Gasteiger partial charge in [0.2, 0.25) is 0 Å². The van der Waals surface area contributed by atoms with E-state index >= 15 is 0 Å². The van der Waals surface area contributed by atoms with Crippen LogP contribution in [-0.4, -0.2) is 16.8 Å². The van der Waals surface area contributed by atoms with E-state index in [0.29, 0.717) is 6.04 Å². The van der Waals surface area contributed by atoms with Crippen molar-refractivity contribution in [1.82, 2.24) is 4.57 Å². The summed E-state index contributed by atoms with van der Waals surface area (Å²) in [5.74, 6) is 0. The van der Waals surface area contributed by atoms with Crippen molar-refractivity contribution < 1.29 is 4.74 Å². The second-order valence-corrected chi connectivity index (χ2v) is 5.24. The van der Waals surface area contributed by atoms with Crippen molar-refractivity contribution in [3.05, 3.63) is 23.5 Å². The Morgan fingerprint density at radius 1 is 1.27 bits per heavy atom. The lowest BCUT2D eigenvalue weighted by Gasteiger charge is -2.37. The molecule has 0 N–H and O–H groups in total. The van der Waals surface area contributed by atoms with Gasteiger partial charge in [0.25, 0.3) is 0 Å². The van der Waals surface area contributed by atoms with Crippen LogP contribution < -0.4 is 0 Å². The average Bonchev–Trinajstić information content (AvgIpc) is 2.44. The Kier molecular flexibility index (Phi) is 2.63. The molecule has 0 bridgehead atoms. The fourth-order valence-corrected chi connectivity index (χ4v) is 2.68. The van der Waals surface area contributed by atoms with Crippen LogP contribution in [0.2, 0.25) is 0 Å². The van der Waals surface area contributed by atoms with Crippen molar-refractivity contribution in [1.29, 1.82) is 0 Å². The summed E-state index contributed by atoms with van der Waals surface area (Å²) in [7, 11) is 0. The molecule has 2 nitrogen and oxygen atoms in total. The third-order valence-corrected chi connectivity index (χ3v) is 3.36. The van der Waals surface area contributed by atoms with Crippen LogP contribution in [0.15, 0.2) is 12.1 Å². The number of nitrogens with zero attached hydrogens (tertiary/aromatic N) is 1. The molecule has 2 heteroatoms. The van der Waals surface area contributed by atoms with E-state index in [2.05, 4.69) is 44.4 Å². The zero-order valence-electron chi connectivity index (χ0n) is 10.2. The lowest BCUT2D eigenvalue weighted by Crippen LogP contribution is -2.35. The summed E-state index contributed by atoms with van der Waals surface area (Å²) in [6, 6.07) is 5.03. The number of ether oxygens (including phenoxy) is 1. The van der Waals surface area contributed by atoms with E-state index in [-0.39, 0.29) is 5.60 Å². The van der Waals surface area contributed by atoms with Crippen LogP contribution in [0.3, 0.4) is 0 Å². The first-order valence-electron chi connectivity index (χ1n) is 5.78. The van der Waals surface area contributed by atoms with Crippen LogP contribution in [0, 0.1) is 13.8 Å². The average molecular weight is 207 g/mol. The monoisotopic (exact) mass is 207 g/mol.